The molecule has 0 atom stereocenters. The second kappa shape index (κ2) is 48.8. The Morgan fingerprint density at radius 1 is 0.186 bits per heavy atom. The SMILES string of the molecule is CCCCCCCCCCCC[N+](C)(C)CCCCCC[N+](C)(CCCCCCCCCCCC)CCCCCC[N+](C)(C)CCCCCCCCCCCC.[Br-].[Br-].[Br-]. The van der Waals surface area contributed by atoms with E-state index in [9.17, 15) is 0 Å². The Kier molecular flexibility index (Phi) is 55.3. The number of unbranched alkanes of at least 4 members (excludes halogenated alkanes) is 33. The molecule has 59 heavy (non-hydrogen) atoms. The standard InChI is InChI=1S/C53H114N3.3BrH/c1-9-12-15-18-21-24-27-30-33-40-47-54(4,5)49-42-36-38-45-52-56(8,51-44-35-32-29-26-23-20-17-14-11-3)53-46-39-37-43-50-55(6,7)48-41-34-31-28-25-22-19-16-13-10-2;;;/h9-53H2,1-8H3;3*1H/q+3;;;/p-3. The van der Waals surface area contributed by atoms with Crippen LogP contribution in [0.3, 0.4) is 0 Å². The first-order chi connectivity index (χ1) is 27.1. The molecule has 0 amide bonds. The number of quaternary nitrogens is 3. The van der Waals surface area contributed by atoms with Crippen LogP contribution >= 0.6 is 0 Å². The van der Waals surface area contributed by atoms with Gasteiger partial charge in [-0.1, -0.05) is 175 Å². The molecule has 6 heteroatoms. The Morgan fingerprint density at radius 3 is 0.492 bits per heavy atom. The third-order valence-electron chi connectivity index (χ3n) is 13.7. The Morgan fingerprint density at radius 2 is 0.322 bits per heavy atom. The fourth-order valence-corrected chi connectivity index (χ4v) is 9.37. The van der Waals surface area contributed by atoms with Crippen molar-refractivity contribution >= 4 is 0 Å². The molecular formula is C53H114Br3N3. The van der Waals surface area contributed by atoms with Crippen molar-refractivity contribution < 1.29 is 64.4 Å². The first kappa shape index (κ1) is 66.9. The quantitative estimate of drug-likeness (QED) is 0.0439. The van der Waals surface area contributed by atoms with Gasteiger partial charge < -0.3 is 64.4 Å². The van der Waals surface area contributed by atoms with Gasteiger partial charge in [0.15, 0.2) is 0 Å². The molecule has 0 heterocycles. The van der Waals surface area contributed by atoms with Crippen LogP contribution in [0.2, 0.25) is 0 Å². The van der Waals surface area contributed by atoms with E-state index < -0.39 is 0 Å². The van der Waals surface area contributed by atoms with E-state index in [1.807, 2.05) is 0 Å². The fourth-order valence-electron chi connectivity index (χ4n) is 9.37. The first-order valence-corrected chi connectivity index (χ1v) is 26.6. The predicted octanol–water partition coefficient (Wildman–Crippen LogP) is 7.48. The van der Waals surface area contributed by atoms with Crippen LogP contribution in [-0.4, -0.2) is 94.5 Å². The molecule has 0 N–H and O–H groups in total. The van der Waals surface area contributed by atoms with E-state index in [0.717, 1.165) is 0 Å². The predicted molar refractivity (Wildman–Crippen MR) is 257 cm³/mol. The van der Waals surface area contributed by atoms with Gasteiger partial charge in [-0.15, -0.1) is 0 Å². The number of rotatable bonds is 47. The third-order valence-corrected chi connectivity index (χ3v) is 13.7. The molecule has 0 rings (SSSR count). The molecule has 0 fully saturated rings. The zero-order valence-corrected chi connectivity index (χ0v) is 47.1. The van der Waals surface area contributed by atoms with Crippen LogP contribution < -0.4 is 50.9 Å². The zero-order valence-electron chi connectivity index (χ0n) is 42.3. The van der Waals surface area contributed by atoms with E-state index >= 15 is 0 Å². The Balaban J connectivity index is -0.00000504. The van der Waals surface area contributed by atoms with Gasteiger partial charge in [0.1, 0.15) is 0 Å². The van der Waals surface area contributed by atoms with E-state index in [1.165, 1.54) is 303 Å². The van der Waals surface area contributed by atoms with Crippen LogP contribution in [0.4, 0.5) is 0 Å². The summed E-state index contributed by atoms with van der Waals surface area (Å²) in [5.41, 5.74) is 0. The maximum atomic E-state index is 2.63. The number of hydrogen-bond acceptors (Lipinski definition) is 0. The van der Waals surface area contributed by atoms with Crippen molar-refractivity contribution in [2.45, 2.75) is 265 Å². The summed E-state index contributed by atoms with van der Waals surface area (Å²) in [7, 11) is 12.6. The molecule has 0 radical (unpaired) electrons. The van der Waals surface area contributed by atoms with E-state index in [2.05, 4.69) is 56.0 Å². The van der Waals surface area contributed by atoms with Gasteiger partial charge in [-0.25, -0.2) is 0 Å². The van der Waals surface area contributed by atoms with Gasteiger partial charge in [-0.05, 0) is 89.9 Å². The van der Waals surface area contributed by atoms with Gasteiger partial charge in [0.25, 0.3) is 0 Å². The smallest absolute Gasteiger partial charge is 0.0784 e. The minimum absolute atomic E-state index is 0. The lowest BCUT2D eigenvalue weighted by Crippen LogP contribution is -3.00. The van der Waals surface area contributed by atoms with E-state index in [1.54, 1.807) is 0 Å². The van der Waals surface area contributed by atoms with Gasteiger partial charge in [-0.3, -0.25) is 0 Å². The molecule has 362 valence electrons. The molecule has 0 unspecified atom stereocenters. The second-order valence-electron chi connectivity index (χ2n) is 20.9. The summed E-state index contributed by atoms with van der Waals surface area (Å²) in [6.07, 6.45) is 54.9. The van der Waals surface area contributed by atoms with Gasteiger partial charge in [0.05, 0.1) is 81.1 Å². The Bertz CT molecular complexity index is 729. The molecular weight excluding hydrogens is 918 g/mol. The van der Waals surface area contributed by atoms with Crippen LogP contribution in [0.25, 0.3) is 0 Å². The summed E-state index contributed by atoms with van der Waals surface area (Å²) in [5.74, 6) is 0. The van der Waals surface area contributed by atoms with Crippen LogP contribution in [0.15, 0.2) is 0 Å². The molecule has 0 bridgehead atoms. The second-order valence-corrected chi connectivity index (χ2v) is 20.9. The highest BCUT2D eigenvalue weighted by Gasteiger charge is 2.21. The van der Waals surface area contributed by atoms with Gasteiger partial charge in [-0.2, -0.15) is 0 Å². The highest BCUT2D eigenvalue weighted by atomic mass is 79.9. The summed E-state index contributed by atoms with van der Waals surface area (Å²) in [6, 6.07) is 0. The summed E-state index contributed by atoms with van der Waals surface area (Å²) in [6.45, 7) is 16.7. The van der Waals surface area contributed by atoms with E-state index in [-0.39, 0.29) is 50.9 Å². The third kappa shape index (κ3) is 50.2. The highest BCUT2D eigenvalue weighted by molar-refractivity contribution is 4.54. The van der Waals surface area contributed by atoms with Crippen molar-refractivity contribution in [3.63, 3.8) is 0 Å². The molecule has 0 aliphatic heterocycles. The molecule has 0 saturated heterocycles. The highest BCUT2D eigenvalue weighted by Crippen LogP contribution is 2.18. The number of nitrogens with zero attached hydrogens (tertiary/aromatic N) is 3. The molecule has 0 spiro atoms. The molecule has 0 aliphatic carbocycles. The summed E-state index contributed by atoms with van der Waals surface area (Å²) in [5, 5.41) is 0. The van der Waals surface area contributed by atoms with Crippen molar-refractivity contribution in [3.05, 3.63) is 0 Å². The minimum Gasteiger partial charge on any atom is -1.00 e. The largest absolute Gasteiger partial charge is 1.00 e. The zero-order chi connectivity index (χ0) is 41.3. The van der Waals surface area contributed by atoms with Gasteiger partial charge in [0, 0.05) is 0 Å². The van der Waals surface area contributed by atoms with Gasteiger partial charge in [0.2, 0.25) is 0 Å². The van der Waals surface area contributed by atoms with Crippen molar-refractivity contribution in [1.29, 1.82) is 0 Å². The van der Waals surface area contributed by atoms with E-state index in [4.69, 9.17) is 0 Å². The molecule has 0 aromatic rings. The normalized spacial score (nSPS) is 12.0. The lowest BCUT2D eigenvalue weighted by atomic mass is 10.1. The van der Waals surface area contributed by atoms with Crippen LogP contribution in [0.5, 0.6) is 0 Å². The molecule has 0 saturated carbocycles. The average Bonchev–Trinajstić information content (AvgIpc) is 3.16. The fraction of sp³-hybridized carbons (Fsp3) is 1.00. The lowest BCUT2D eigenvalue weighted by Gasteiger charge is -2.35. The average molecular weight is 1030 g/mol. The van der Waals surface area contributed by atoms with Crippen molar-refractivity contribution in [2.24, 2.45) is 0 Å². The molecule has 3 nitrogen and oxygen atoms in total. The van der Waals surface area contributed by atoms with Crippen molar-refractivity contribution in [1.82, 2.24) is 0 Å². The van der Waals surface area contributed by atoms with Crippen LogP contribution in [-0.2, 0) is 0 Å². The minimum atomic E-state index is 0. The molecule has 0 aliphatic rings. The summed E-state index contributed by atoms with van der Waals surface area (Å²) >= 11 is 0. The summed E-state index contributed by atoms with van der Waals surface area (Å²) in [4.78, 5) is 0. The van der Waals surface area contributed by atoms with Crippen molar-refractivity contribution in [3.8, 4) is 0 Å². The lowest BCUT2D eigenvalue weighted by molar-refractivity contribution is -0.910. The van der Waals surface area contributed by atoms with Gasteiger partial charge >= 0.3 is 0 Å². The van der Waals surface area contributed by atoms with Crippen LogP contribution in [0.1, 0.15) is 265 Å². The first-order valence-electron chi connectivity index (χ1n) is 26.6. The molecule has 0 aromatic carbocycles. The Hall–Kier alpha value is 1.32. The summed E-state index contributed by atoms with van der Waals surface area (Å²) < 4.78 is 3.81. The van der Waals surface area contributed by atoms with E-state index in [0.29, 0.717) is 0 Å². The maximum absolute atomic E-state index is 2.63. The monoisotopic (exact) mass is 1030 g/mol. The van der Waals surface area contributed by atoms with Crippen LogP contribution in [0, 0.1) is 0 Å². The molecule has 0 aromatic heterocycles. The van der Waals surface area contributed by atoms with Crippen molar-refractivity contribution in [2.75, 3.05) is 81.1 Å². The maximum Gasteiger partial charge on any atom is 0.0784 e. The Labute approximate surface area is 407 Å². The number of halogens is 3. The number of hydrogen-bond donors (Lipinski definition) is 0. The topological polar surface area (TPSA) is 0 Å².